The lowest BCUT2D eigenvalue weighted by atomic mass is 10.1. The molecule has 5 heteroatoms. The quantitative estimate of drug-likeness (QED) is 0.838. The first-order chi connectivity index (χ1) is 10.6. The van der Waals surface area contributed by atoms with E-state index in [1.54, 1.807) is 18.9 Å². The smallest absolute Gasteiger partial charge is 0.233 e. The van der Waals surface area contributed by atoms with Crippen molar-refractivity contribution < 1.29 is 9.53 Å². The highest BCUT2D eigenvalue weighted by Gasteiger charge is 2.22. The third-order valence-electron chi connectivity index (χ3n) is 4.20. The van der Waals surface area contributed by atoms with Gasteiger partial charge in [-0.25, -0.2) is 0 Å². The van der Waals surface area contributed by atoms with Gasteiger partial charge in [0.05, 0.1) is 18.4 Å². The lowest BCUT2D eigenvalue weighted by Gasteiger charge is -2.26. The normalized spacial score (nSPS) is 18.0. The molecule has 2 unspecified atom stereocenters. The van der Waals surface area contributed by atoms with E-state index in [9.17, 15) is 4.79 Å². The van der Waals surface area contributed by atoms with Crippen LogP contribution in [0.25, 0.3) is 0 Å². The summed E-state index contributed by atoms with van der Waals surface area (Å²) in [6, 6.07) is 8.03. The Morgan fingerprint density at radius 3 is 2.50 bits per heavy atom. The minimum Gasteiger partial charge on any atom is -0.497 e. The number of hydrogen-bond acceptors (Lipinski definition) is 4. The average Bonchev–Trinajstić information content (AvgIpc) is 3.06. The summed E-state index contributed by atoms with van der Waals surface area (Å²) in [7, 11) is 1.67. The van der Waals surface area contributed by atoms with Crippen LogP contribution in [-0.4, -0.2) is 49.1 Å². The highest BCUT2D eigenvalue weighted by Crippen LogP contribution is 2.21. The maximum atomic E-state index is 12.3. The molecule has 0 bridgehead atoms. The summed E-state index contributed by atoms with van der Waals surface area (Å²) in [5, 5.41) is 3.18. The molecule has 0 spiro atoms. The molecule has 1 N–H and O–H groups in total. The van der Waals surface area contributed by atoms with E-state index >= 15 is 0 Å². The number of thioether (sulfide) groups is 1. The average molecular weight is 322 g/mol. The lowest BCUT2D eigenvalue weighted by Crippen LogP contribution is -2.40. The van der Waals surface area contributed by atoms with Gasteiger partial charge in [-0.3, -0.25) is 4.79 Å². The number of nitrogens with one attached hydrogen (secondary N) is 1. The van der Waals surface area contributed by atoms with Gasteiger partial charge in [-0.05, 0) is 56.8 Å². The van der Waals surface area contributed by atoms with Crippen LogP contribution < -0.4 is 10.1 Å². The van der Waals surface area contributed by atoms with Crippen LogP contribution in [0.3, 0.4) is 0 Å². The number of benzene rings is 1. The van der Waals surface area contributed by atoms with E-state index in [1.807, 2.05) is 37.4 Å². The predicted octanol–water partition coefficient (Wildman–Crippen LogP) is 2.70. The van der Waals surface area contributed by atoms with Crippen molar-refractivity contribution in [1.82, 2.24) is 10.2 Å². The molecule has 2 rings (SSSR count). The zero-order valence-corrected chi connectivity index (χ0v) is 14.5. The Balaban J connectivity index is 2.10. The fourth-order valence-corrected chi connectivity index (χ4v) is 2.97. The van der Waals surface area contributed by atoms with Crippen LogP contribution in [-0.2, 0) is 4.79 Å². The SMILES string of the molecule is COc1ccc(C(CN2CCCC2)NC(=O)C(C)SC)cc1. The van der Waals surface area contributed by atoms with Gasteiger partial charge in [-0.1, -0.05) is 12.1 Å². The number of carbonyl (C=O) groups is 1. The molecule has 2 atom stereocenters. The van der Waals surface area contributed by atoms with Gasteiger partial charge in [0.1, 0.15) is 5.75 Å². The van der Waals surface area contributed by atoms with Crippen molar-refractivity contribution in [3.05, 3.63) is 29.8 Å². The van der Waals surface area contributed by atoms with Gasteiger partial charge < -0.3 is 15.0 Å². The van der Waals surface area contributed by atoms with Crippen LogP contribution in [0, 0.1) is 0 Å². The van der Waals surface area contributed by atoms with Crippen molar-refractivity contribution >= 4 is 17.7 Å². The standard InChI is InChI=1S/C17H26N2O2S/c1-13(22-3)17(20)18-16(12-19-10-4-5-11-19)14-6-8-15(21-2)9-7-14/h6-9,13,16H,4-5,10-12H2,1-3H3,(H,18,20). The molecular weight excluding hydrogens is 296 g/mol. The maximum absolute atomic E-state index is 12.3. The largest absolute Gasteiger partial charge is 0.497 e. The molecule has 1 aliphatic rings. The van der Waals surface area contributed by atoms with Crippen molar-refractivity contribution in [2.75, 3.05) is 33.0 Å². The molecule has 1 aromatic carbocycles. The van der Waals surface area contributed by atoms with Gasteiger partial charge in [0.2, 0.25) is 5.91 Å². The summed E-state index contributed by atoms with van der Waals surface area (Å²) in [5.74, 6) is 0.944. The summed E-state index contributed by atoms with van der Waals surface area (Å²) in [6.07, 6.45) is 4.47. The van der Waals surface area contributed by atoms with Gasteiger partial charge in [-0.2, -0.15) is 11.8 Å². The van der Waals surface area contributed by atoms with Gasteiger partial charge in [0.25, 0.3) is 0 Å². The van der Waals surface area contributed by atoms with Crippen LogP contribution in [0.2, 0.25) is 0 Å². The highest BCUT2D eigenvalue weighted by atomic mass is 32.2. The Morgan fingerprint density at radius 1 is 1.32 bits per heavy atom. The summed E-state index contributed by atoms with van der Waals surface area (Å²) in [6.45, 7) is 5.07. The first-order valence-corrected chi connectivity index (χ1v) is 9.12. The molecule has 1 fully saturated rings. The van der Waals surface area contributed by atoms with E-state index in [2.05, 4.69) is 10.2 Å². The molecule has 1 aliphatic heterocycles. The van der Waals surface area contributed by atoms with E-state index in [0.717, 1.165) is 30.9 Å². The Bertz CT molecular complexity index is 472. The third kappa shape index (κ3) is 4.65. The van der Waals surface area contributed by atoms with E-state index in [4.69, 9.17) is 4.74 Å². The Kier molecular flexibility index (Phi) is 6.58. The lowest BCUT2D eigenvalue weighted by molar-refractivity contribution is -0.121. The summed E-state index contributed by atoms with van der Waals surface area (Å²) in [5.41, 5.74) is 1.13. The van der Waals surface area contributed by atoms with Crippen LogP contribution in [0.4, 0.5) is 0 Å². The minimum absolute atomic E-state index is 0.0284. The third-order valence-corrected chi connectivity index (χ3v) is 5.12. The minimum atomic E-state index is -0.0284. The topological polar surface area (TPSA) is 41.6 Å². The molecule has 4 nitrogen and oxygen atoms in total. The molecule has 0 aliphatic carbocycles. The van der Waals surface area contributed by atoms with Crippen molar-refractivity contribution in [3.63, 3.8) is 0 Å². The number of ether oxygens (including phenoxy) is 1. The van der Waals surface area contributed by atoms with Crippen molar-refractivity contribution in [3.8, 4) is 5.75 Å². The van der Waals surface area contributed by atoms with Gasteiger partial charge >= 0.3 is 0 Å². The first-order valence-electron chi connectivity index (χ1n) is 7.83. The molecular formula is C17H26N2O2S. The predicted molar refractivity (Wildman–Crippen MR) is 92.5 cm³/mol. The fraction of sp³-hybridized carbons (Fsp3) is 0.588. The van der Waals surface area contributed by atoms with E-state index in [0.29, 0.717) is 0 Å². The molecule has 22 heavy (non-hydrogen) atoms. The van der Waals surface area contributed by atoms with E-state index in [1.165, 1.54) is 12.8 Å². The first kappa shape index (κ1) is 17.2. The number of hydrogen-bond donors (Lipinski definition) is 1. The molecule has 0 aromatic heterocycles. The van der Waals surface area contributed by atoms with Crippen molar-refractivity contribution in [2.24, 2.45) is 0 Å². The number of likely N-dealkylation sites (tertiary alicyclic amines) is 1. The zero-order chi connectivity index (χ0) is 15.9. The zero-order valence-electron chi connectivity index (χ0n) is 13.7. The van der Waals surface area contributed by atoms with Crippen molar-refractivity contribution in [1.29, 1.82) is 0 Å². The molecule has 0 radical (unpaired) electrons. The number of methoxy groups -OCH3 is 1. The Morgan fingerprint density at radius 2 is 1.95 bits per heavy atom. The molecule has 0 saturated carbocycles. The molecule has 1 amide bonds. The summed E-state index contributed by atoms with van der Waals surface area (Å²) >= 11 is 1.57. The van der Waals surface area contributed by atoms with E-state index in [-0.39, 0.29) is 17.2 Å². The second-order valence-corrected chi connectivity index (χ2v) is 6.90. The summed E-state index contributed by atoms with van der Waals surface area (Å²) < 4.78 is 5.22. The van der Waals surface area contributed by atoms with Gasteiger partial charge in [-0.15, -0.1) is 0 Å². The molecule has 122 valence electrons. The number of rotatable bonds is 7. The Hall–Kier alpha value is -1.20. The molecule has 1 saturated heterocycles. The maximum Gasteiger partial charge on any atom is 0.233 e. The van der Waals surface area contributed by atoms with Crippen LogP contribution >= 0.6 is 11.8 Å². The van der Waals surface area contributed by atoms with E-state index < -0.39 is 0 Å². The molecule has 1 heterocycles. The second kappa shape index (κ2) is 8.44. The van der Waals surface area contributed by atoms with Gasteiger partial charge in [0, 0.05) is 6.54 Å². The fourth-order valence-electron chi connectivity index (χ4n) is 2.69. The van der Waals surface area contributed by atoms with Crippen molar-refractivity contribution in [2.45, 2.75) is 31.1 Å². The van der Waals surface area contributed by atoms with Crippen LogP contribution in [0.15, 0.2) is 24.3 Å². The van der Waals surface area contributed by atoms with Gasteiger partial charge in [0.15, 0.2) is 0 Å². The number of amides is 1. The van der Waals surface area contributed by atoms with Crippen LogP contribution in [0.1, 0.15) is 31.4 Å². The monoisotopic (exact) mass is 322 g/mol. The highest BCUT2D eigenvalue weighted by molar-refractivity contribution is 7.99. The number of nitrogens with zero attached hydrogens (tertiary/aromatic N) is 1. The van der Waals surface area contributed by atoms with Crippen LogP contribution in [0.5, 0.6) is 5.75 Å². The Labute approximate surface area is 137 Å². The summed E-state index contributed by atoms with van der Waals surface area (Å²) in [4.78, 5) is 14.7. The second-order valence-electron chi connectivity index (χ2n) is 5.72. The number of carbonyl (C=O) groups excluding carboxylic acids is 1. The molecule has 1 aromatic rings.